The van der Waals surface area contributed by atoms with E-state index in [1.54, 1.807) is 29.3 Å². The van der Waals surface area contributed by atoms with Gasteiger partial charge in [-0.1, -0.05) is 37.6 Å². The van der Waals surface area contributed by atoms with Crippen LogP contribution in [0.4, 0.5) is 10.5 Å². The number of hydrogen-bond acceptors (Lipinski definition) is 3. The average Bonchev–Trinajstić information content (AvgIpc) is 2.93. The highest BCUT2D eigenvalue weighted by Gasteiger charge is 2.18. The van der Waals surface area contributed by atoms with Gasteiger partial charge in [0.2, 0.25) is 0 Å². The number of nitrogens with one attached hydrogen (secondary N) is 2. The van der Waals surface area contributed by atoms with E-state index < -0.39 is 0 Å². The molecule has 0 aliphatic rings. The molecule has 1 aromatic carbocycles. The molecule has 1 unspecified atom stereocenters. The van der Waals surface area contributed by atoms with Crippen molar-refractivity contribution < 1.29 is 4.79 Å². The first-order valence-corrected chi connectivity index (χ1v) is 7.10. The lowest BCUT2D eigenvalue weighted by Gasteiger charge is -2.22. The zero-order valence-electron chi connectivity index (χ0n) is 12.0. The summed E-state index contributed by atoms with van der Waals surface area (Å²) in [5.74, 6) is 0.244. The summed E-state index contributed by atoms with van der Waals surface area (Å²) in [6.07, 6.45) is 3.22. The van der Waals surface area contributed by atoms with E-state index in [9.17, 15) is 4.79 Å². The van der Waals surface area contributed by atoms with Crippen molar-refractivity contribution in [1.29, 1.82) is 0 Å². The highest BCUT2D eigenvalue weighted by atomic mass is 35.5. The van der Waals surface area contributed by atoms with E-state index in [1.807, 2.05) is 26.0 Å². The number of anilines is 1. The maximum atomic E-state index is 12.1. The molecule has 0 saturated carbocycles. The second-order valence-electron chi connectivity index (χ2n) is 5.01. The van der Waals surface area contributed by atoms with E-state index in [1.165, 1.54) is 0 Å². The Morgan fingerprint density at radius 1 is 1.29 bits per heavy atom. The van der Waals surface area contributed by atoms with Crippen LogP contribution in [0.1, 0.15) is 13.8 Å². The van der Waals surface area contributed by atoms with Crippen molar-refractivity contribution in [3.8, 4) is 0 Å². The van der Waals surface area contributed by atoms with Crippen molar-refractivity contribution in [2.75, 3.05) is 5.32 Å². The number of carbonyl (C=O) groups excluding carboxylic acids is 1. The summed E-state index contributed by atoms with van der Waals surface area (Å²) >= 11 is 6.02. The lowest BCUT2D eigenvalue weighted by Crippen LogP contribution is -2.44. The van der Waals surface area contributed by atoms with E-state index in [-0.39, 0.29) is 18.0 Å². The van der Waals surface area contributed by atoms with Gasteiger partial charge in [0.25, 0.3) is 0 Å². The number of amides is 2. The van der Waals surface area contributed by atoms with Crippen molar-refractivity contribution in [2.45, 2.75) is 26.4 Å². The lowest BCUT2D eigenvalue weighted by molar-refractivity contribution is 0.239. The SMILES string of the molecule is CC(C)C(Cn1nccn1)NC(=O)Nc1ccccc1Cl. The van der Waals surface area contributed by atoms with Crippen LogP contribution in [-0.2, 0) is 6.54 Å². The first-order valence-electron chi connectivity index (χ1n) is 6.72. The van der Waals surface area contributed by atoms with Gasteiger partial charge in [-0.05, 0) is 18.1 Å². The maximum Gasteiger partial charge on any atom is 0.319 e. The summed E-state index contributed by atoms with van der Waals surface area (Å²) in [5, 5.41) is 14.3. The minimum atomic E-state index is -0.297. The average molecular weight is 308 g/mol. The Balaban J connectivity index is 1.97. The topological polar surface area (TPSA) is 71.8 Å². The largest absolute Gasteiger partial charge is 0.333 e. The number of aromatic nitrogens is 3. The highest BCUT2D eigenvalue weighted by molar-refractivity contribution is 6.33. The number of benzene rings is 1. The Morgan fingerprint density at radius 3 is 2.57 bits per heavy atom. The summed E-state index contributed by atoms with van der Waals surface area (Å²) in [4.78, 5) is 13.6. The summed E-state index contributed by atoms with van der Waals surface area (Å²) < 4.78 is 0. The molecule has 0 spiro atoms. The van der Waals surface area contributed by atoms with Gasteiger partial charge in [-0.15, -0.1) is 0 Å². The molecule has 21 heavy (non-hydrogen) atoms. The van der Waals surface area contributed by atoms with Crippen LogP contribution >= 0.6 is 11.6 Å². The summed E-state index contributed by atoms with van der Waals surface area (Å²) in [5.41, 5.74) is 0.580. The van der Waals surface area contributed by atoms with E-state index in [0.29, 0.717) is 17.3 Å². The molecule has 112 valence electrons. The molecule has 0 saturated heterocycles. The van der Waals surface area contributed by atoms with E-state index in [2.05, 4.69) is 20.8 Å². The second-order valence-corrected chi connectivity index (χ2v) is 5.42. The van der Waals surface area contributed by atoms with Crippen molar-refractivity contribution in [2.24, 2.45) is 5.92 Å². The molecule has 1 atom stereocenters. The smallest absolute Gasteiger partial charge is 0.319 e. The Hall–Kier alpha value is -2.08. The van der Waals surface area contributed by atoms with Gasteiger partial charge in [-0.2, -0.15) is 15.0 Å². The summed E-state index contributed by atoms with van der Waals surface area (Å²) in [6.45, 7) is 4.58. The molecule has 1 aromatic heterocycles. The summed E-state index contributed by atoms with van der Waals surface area (Å²) in [6, 6.07) is 6.72. The van der Waals surface area contributed by atoms with Gasteiger partial charge in [-0.3, -0.25) is 0 Å². The monoisotopic (exact) mass is 307 g/mol. The Bertz CT molecular complexity index is 585. The summed E-state index contributed by atoms with van der Waals surface area (Å²) in [7, 11) is 0. The predicted molar refractivity (Wildman–Crippen MR) is 82.3 cm³/mol. The Morgan fingerprint density at radius 2 is 1.95 bits per heavy atom. The first-order chi connectivity index (χ1) is 10.1. The van der Waals surface area contributed by atoms with Gasteiger partial charge in [0.15, 0.2) is 0 Å². The fourth-order valence-electron chi connectivity index (χ4n) is 1.83. The fourth-order valence-corrected chi connectivity index (χ4v) is 2.01. The number of carbonyl (C=O) groups is 1. The van der Waals surface area contributed by atoms with Gasteiger partial charge in [-0.25, -0.2) is 4.79 Å². The van der Waals surface area contributed by atoms with Crippen molar-refractivity contribution in [3.05, 3.63) is 41.7 Å². The molecular weight excluding hydrogens is 290 g/mol. The van der Waals surface area contributed by atoms with Crippen LogP contribution in [-0.4, -0.2) is 27.1 Å². The van der Waals surface area contributed by atoms with Crippen LogP contribution in [0.2, 0.25) is 5.02 Å². The molecule has 2 rings (SSSR count). The number of halogens is 1. The standard InChI is InChI=1S/C14H18ClN5O/c1-10(2)13(9-20-16-7-8-17-20)19-14(21)18-12-6-4-3-5-11(12)15/h3-8,10,13H,9H2,1-2H3,(H2,18,19,21). The van der Waals surface area contributed by atoms with E-state index >= 15 is 0 Å². The van der Waals surface area contributed by atoms with Gasteiger partial charge < -0.3 is 10.6 Å². The van der Waals surface area contributed by atoms with Crippen LogP contribution in [0.15, 0.2) is 36.7 Å². The molecule has 0 aliphatic carbocycles. The van der Waals surface area contributed by atoms with E-state index in [4.69, 9.17) is 11.6 Å². The predicted octanol–water partition coefficient (Wildman–Crippen LogP) is 2.78. The first kappa shape index (κ1) is 15.3. The lowest BCUT2D eigenvalue weighted by atomic mass is 10.1. The van der Waals surface area contributed by atoms with Gasteiger partial charge >= 0.3 is 6.03 Å². The minimum absolute atomic E-state index is 0.0834. The normalized spacial score (nSPS) is 12.2. The third-order valence-corrected chi connectivity index (χ3v) is 3.40. The molecular formula is C14H18ClN5O. The number of nitrogens with zero attached hydrogens (tertiary/aromatic N) is 3. The van der Waals surface area contributed by atoms with Crippen LogP contribution in [0.5, 0.6) is 0 Å². The molecule has 0 bridgehead atoms. The van der Waals surface area contributed by atoms with Gasteiger partial charge in [0, 0.05) is 0 Å². The third-order valence-electron chi connectivity index (χ3n) is 3.07. The van der Waals surface area contributed by atoms with Crippen LogP contribution < -0.4 is 10.6 Å². The van der Waals surface area contributed by atoms with Crippen LogP contribution in [0.3, 0.4) is 0 Å². The molecule has 1 heterocycles. The van der Waals surface area contributed by atoms with Crippen LogP contribution in [0.25, 0.3) is 0 Å². The van der Waals surface area contributed by atoms with Crippen molar-refractivity contribution in [1.82, 2.24) is 20.3 Å². The molecule has 2 aromatic rings. The van der Waals surface area contributed by atoms with Crippen molar-refractivity contribution >= 4 is 23.3 Å². The molecule has 6 nitrogen and oxygen atoms in total. The van der Waals surface area contributed by atoms with Gasteiger partial charge in [0.05, 0.1) is 35.7 Å². The number of rotatable bonds is 5. The maximum absolute atomic E-state index is 12.1. The zero-order valence-corrected chi connectivity index (χ0v) is 12.7. The molecule has 7 heteroatoms. The zero-order chi connectivity index (χ0) is 15.2. The number of hydrogen-bond donors (Lipinski definition) is 2. The quantitative estimate of drug-likeness (QED) is 0.892. The number of urea groups is 1. The Kier molecular flexibility index (Phi) is 5.16. The highest BCUT2D eigenvalue weighted by Crippen LogP contribution is 2.20. The molecule has 2 N–H and O–H groups in total. The molecule has 0 radical (unpaired) electrons. The molecule has 0 aliphatic heterocycles. The molecule has 2 amide bonds. The number of para-hydroxylation sites is 1. The van der Waals surface area contributed by atoms with Crippen LogP contribution in [0, 0.1) is 5.92 Å². The van der Waals surface area contributed by atoms with Gasteiger partial charge in [0.1, 0.15) is 0 Å². The van der Waals surface area contributed by atoms with E-state index in [0.717, 1.165) is 0 Å². The van der Waals surface area contributed by atoms with Crippen molar-refractivity contribution in [3.63, 3.8) is 0 Å². The Labute approximate surface area is 128 Å². The fraction of sp³-hybridized carbons (Fsp3) is 0.357. The third kappa shape index (κ3) is 4.46. The minimum Gasteiger partial charge on any atom is -0.333 e. The second kappa shape index (κ2) is 7.08. The molecule has 0 fully saturated rings.